The lowest BCUT2D eigenvalue weighted by Gasteiger charge is -2.23. The highest BCUT2D eigenvalue weighted by Crippen LogP contribution is 2.72. The van der Waals surface area contributed by atoms with Crippen LogP contribution in [0.1, 0.15) is 46.2 Å². The highest BCUT2D eigenvalue weighted by atomic mass is 16.5. The Labute approximate surface area is 117 Å². The van der Waals surface area contributed by atoms with E-state index in [1.807, 2.05) is 6.07 Å². The van der Waals surface area contributed by atoms with Gasteiger partial charge in [0, 0.05) is 11.6 Å². The first-order valence-corrected chi connectivity index (χ1v) is 7.24. The maximum Gasteiger partial charge on any atom is 0.123 e. The molecule has 2 heteroatoms. The van der Waals surface area contributed by atoms with Gasteiger partial charge in [-0.2, -0.15) is 0 Å². The number of benzene rings is 1. The second-order valence-electron chi connectivity index (χ2n) is 6.70. The van der Waals surface area contributed by atoms with Crippen LogP contribution in [0.4, 0.5) is 0 Å². The molecule has 1 fully saturated rings. The van der Waals surface area contributed by atoms with E-state index >= 15 is 0 Å². The molecule has 0 aromatic heterocycles. The van der Waals surface area contributed by atoms with Crippen molar-refractivity contribution < 1.29 is 4.74 Å². The van der Waals surface area contributed by atoms with Crippen LogP contribution in [0.3, 0.4) is 0 Å². The van der Waals surface area contributed by atoms with Crippen LogP contribution in [-0.2, 0) is 0 Å². The predicted molar refractivity (Wildman–Crippen MR) is 80.5 cm³/mol. The molecule has 0 saturated heterocycles. The number of rotatable bonds is 5. The molecule has 1 N–H and O–H groups in total. The average molecular weight is 261 g/mol. The first kappa shape index (κ1) is 14.4. The maximum atomic E-state index is 5.55. The third-order valence-electron chi connectivity index (χ3n) is 5.36. The number of hydrogen-bond donors (Lipinski definition) is 1. The summed E-state index contributed by atoms with van der Waals surface area (Å²) < 4.78 is 5.55. The molecule has 0 spiro atoms. The molecule has 1 saturated carbocycles. The van der Waals surface area contributed by atoms with E-state index in [1.165, 1.54) is 5.56 Å². The molecule has 1 aliphatic carbocycles. The Bertz CT molecular complexity index is 436. The van der Waals surface area contributed by atoms with Crippen LogP contribution in [0.2, 0.25) is 0 Å². The topological polar surface area (TPSA) is 21.3 Å². The molecule has 1 unspecified atom stereocenters. The Hall–Kier alpha value is -1.02. The SMILES string of the molecule is CCNC(c1ccccc1OC)C1C(C)(C)C1(C)C. The summed E-state index contributed by atoms with van der Waals surface area (Å²) in [7, 11) is 1.75. The standard InChI is InChI=1S/C17H27NO/c1-7-18-14(15-16(2,3)17(15,4)5)12-10-8-9-11-13(12)19-6/h8-11,14-15,18H,7H2,1-6H3. The molecule has 0 radical (unpaired) electrons. The van der Waals surface area contributed by atoms with Gasteiger partial charge in [0.05, 0.1) is 7.11 Å². The minimum absolute atomic E-state index is 0.362. The molecule has 1 aliphatic rings. The second-order valence-corrected chi connectivity index (χ2v) is 6.70. The van der Waals surface area contributed by atoms with Crippen LogP contribution >= 0.6 is 0 Å². The van der Waals surface area contributed by atoms with Crippen molar-refractivity contribution >= 4 is 0 Å². The van der Waals surface area contributed by atoms with E-state index in [1.54, 1.807) is 7.11 Å². The largest absolute Gasteiger partial charge is 0.496 e. The van der Waals surface area contributed by atoms with E-state index in [2.05, 4.69) is 58.1 Å². The Morgan fingerprint density at radius 2 is 1.74 bits per heavy atom. The van der Waals surface area contributed by atoms with Gasteiger partial charge in [-0.05, 0) is 29.4 Å². The monoisotopic (exact) mass is 261 g/mol. The Morgan fingerprint density at radius 3 is 2.21 bits per heavy atom. The molecule has 0 amide bonds. The van der Waals surface area contributed by atoms with Crippen molar-refractivity contribution in [2.24, 2.45) is 16.7 Å². The molecule has 0 bridgehead atoms. The van der Waals surface area contributed by atoms with Gasteiger partial charge in [0.15, 0.2) is 0 Å². The van der Waals surface area contributed by atoms with Crippen molar-refractivity contribution in [1.82, 2.24) is 5.32 Å². The van der Waals surface area contributed by atoms with Gasteiger partial charge in [0.1, 0.15) is 5.75 Å². The van der Waals surface area contributed by atoms with E-state index in [9.17, 15) is 0 Å². The van der Waals surface area contributed by atoms with Crippen LogP contribution in [0.25, 0.3) is 0 Å². The average Bonchev–Trinajstić information content (AvgIpc) is 2.77. The summed E-state index contributed by atoms with van der Waals surface area (Å²) in [4.78, 5) is 0. The Balaban J connectivity index is 2.37. The summed E-state index contributed by atoms with van der Waals surface area (Å²) in [6.07, 6.45) is 0. The fraction of sp³-hybridized carbons (Fsp3) is 0.647. The molecule has 19 heavy (non-hydrogen) atoms. The van der Waals surface area contributed by atoms with Gasteiger partial charge in [-0.1, -0.05) is 52.8 Å². The first-order valence-electron chi connectivity index (χ1n) is 7.24. The zero-order chi connectivity index (χ0) is 14.3. The van der Waals surface area contributed by atoms with Crippen LogP contribution in [0.5, 0.6) is 5.75 Å². The molecule has 0 aliphatic heterocycles. The lowest BCUT2D eigenvalue weighted by Crippen LogP contribution is -2.25. The highest BCUT2D eigenvalue weighted by Gasteiger charge is 2.67. The van der Waals surface area contributed by atoms with Gasteiger partial charge in [-0.25, -0.2) is 0 Å². The first-order chi connectivity index (χ1) is 8.87. The lowest BCUT2D eigenvalue weighted by molar-refractivity contribution is 0.374. The minimum Gasteiger partial charge on any atom is -0.496 e. The van der Waals surface area contributed by atoms with Gasteiger partial charge in [-0.15, -0.1) is 0 Å². The highest BCUT2D eigenvalue weighted by molar-refractivity contribution is 5.39. The van der Waals surface area contributed by atoms with Crippen molar-refractivity contribution in [1.29, 1.82) is 0 Å². The van der Waals surface area contributed by atoms with Crippen molar-refractivity contribution in [3.63, 3.8) is 0 Å². The smallest absolute Gasteiger partial charge is 0.123 e. The molecule has 1 atom stereocenters. The Morgan fingerprint density at radius 1 is 1.16 bits per heavy atom. The summed E-state index contributed by atoms with van der Waals surface area (Å²) in [5.41, 5.74) is 2.01. The summed E-state index contributed by atoms with van der Waals surface area (Å²) in [5.74, 6) is 1.63. The lowest BCUT2D eigenvalue weighted by atomic mass is 9.95. The Kier molecular flexibility index (Phi) is 3.65. The number of ether oxygens (including phenoxy) is 1. The zero-order valence-corrected chi connectivity index (χ0v) is 13.1. The van der Waals surface area contributed by atoms with E-state index in [0.29, 0.717) is 22.8 Å². The van der Waals surface area contributed by atoms with Gasteiger partial charge < -0.3 is 10.1 Å². The fourth-order valence-corrected chi connectivity index (χ4v) is 3.63. The van der Waals surface area contributed by atoms with Gasteiger partial charge >= 0.3 is 0 Å². The normalized spacial score (nSPS) is 22.0. The third kappa shape index (κ3) is 2.16. The van der Waals surface area contributed by atoms with Crippen molar-refractivity contribution in [3.8, 4) is 5.75 Å². The summed E-state index contributed by atoms with van der Waals surface area (Å²) >= 11 is 0. The van der Waals surface area contributed by atoms with Crippen molar-refractivity contribution in [2.75, 3.05) is 13.7 Å². The van der Waals surface area contributed by atoms with E-state index in [-0.39, 0.29) is 0 Å². The minimum atomic E-state index is 0.362. The zero-order valence-electron chi connectivity index (χ0n) is 13.1. The number of methoxy groups -OCH3 is 1. The fourth-order valence-electron chi connectivity index (χ4n) is 3.63. The van der Waals surface area contributed by atoms with Gasteiger partial charge in [0.2, 0.25) is 0 Å². The predicted octanol–water partition coefficient (Wildman–Crippen LogP) is 4.03. The number of para-hydroxylation sites is 1. The molecule has 1 aromatic carbocycles. The van der Waals surface area contributed by atoms with Crippen LogP contribution in [-0.4, -0.2) is 13.7 Å². The molecule has 106 valence electrons. The van der Waals surface area contributed by atoms with Crippen LogP contribution in [0.15, 0.2) is 24.3 Å². The summed E-state index contributed by atoms with van der Waals surface area (Å²) in [5, 5.41) is 3.67. The van der Waals surface area contributed by atoms with Crippen LogP contribution in [0, 0.1) is 16.7 Å². The van der Waals surface area contributed by atoms with E-state index in [0.717, 1.165) is 12.3 Å². The summed E-state index contributed by atoms with van der Waals surface area (Å²) in [6.45, 7) is 12.6. The van der Waals surface area contributed by atoms with Crippen molar-refractivity contribution in [3.05, 3.63) is 29.8 Å². The maximum absolute atomic E-state index is 5.55. The third-order valence-corrected chi connectivity index (χ3v) is 5.36. The molecular formula is C17H27NO. The molecule has 2 rings (SSSR count). The quantitative estimate of drug-likeness (QED) is 0.864. The number of hydrogen-bond acceptors (Lipinski definition) is 2. The molecule has 1 aromatic rings. The summed E-state index contributed by atoms with van der Waals surface area (Å²) in [6, 6.07) is 8.75. The number of nitrogens with one attached hydrogen (secondary N) is 1. The molecule has 2 nitrogen and oxygen atoms in total. The van der Waals surface area contributed by atoms with Gasteiger partial charge in [0.25, 0.3) is 0 Å². The second kappa shape index (κ2) is 4.82. The van der Waals surface area contributed by atoms with Crippen molar-refractivity contribution in [2.45, 2.75) is 40.7 Å². The van der Waals surface area contributed by atoms with Gasteiger partial charge in [-0.3, -0.25) is 0 Å². The van der Waals surface area contributed by atoms with E-state index in [4.69, 9.17) is 4.74 Å². The van der Waals surface area contributed by atoms with E-state index < -0.39 is 0 Å². The molecular weight excluding hydrogens is 234 g/mol. The molecule has 0 heterocycles. The van der Waals surface area contributed by atoms with Crippen LogP contribution < -0.4 is 10.1 Å².